The van der Waals surface area contributed by atoms with Crippen LogP contribution < -0.4 is 0 Å². The first-order valence-electron chi connectivity index (χ1n) is 7.79. The van der Waals surface area contributed by atoms with E-state index in [4.69, 9.17) is 4.98 Å². The average Bonchev–Trinajstić information content (AvgIpc) is 3.29. The summed E-state index contributed by atoms with van der Waals surface area (Å²) in [5.41, 5.74) is 3.87. The van der Waals surface area contributed by atoms with Gasteiger partial charge in [-0.2, -0.15) is 5.10 Å². The predicted molar refractivity (Wildman–Crippen MR) is 89.4 cm³/mol. The molecule has 6 heteroatoms. The Balaban J connectivity index is 1.82. The van der Waals surface area contributed by atoms with Crippen molar-refractivity contribution in [3.63, 3.8) is 0 Å². The molecule has 4 aromatic rings. The molecule has 0 aliphatic heterocycles. The molecule has 4 heterocycles. The van der Waals surface area contributed by atoms with E-state index >= 15 is 0 Å². The van der Waals surface area contributed by atoms with E-state index in [9.17, 15) is 0 Å². The van der Waals surface area contributed by atoms with Crippen LogP contribution in [0.2, 0.25) is 0 Å². The maximum atomic E-state index is 4.77. The van der Waals surface area contributed by atoms with E-state index in [-0.39, 0.29) is 0 Å². The SMILES string of the molecule is CC[C@H](C)n1ncc2[nH]c(-c3cccn3-c3cccnc3)nc21. The number of aromatic amines is 1. The number of aromatic nitrogens is 6. The second-order valence-electron chi connectivity index (χ2n) is 5.64. The van der Waals surface area contributed by atoms with Crippen molar-refractivity contribution in [2.24, 2.45) is 0 Å². The maximum absolute atomic E-state index is 4.77. The first kappa shape index (κ1) is 13.8. The molecule has 6 nitrogen and oxygen atoms in total. The molecule has 0 spiro atoms. The summed E-state index contributed by atoms with van der Waals surface area (Å²) in [4.78, 5) is 12.3. The van der Waals surface area contributed by atoms with E-state index in [1.165, 1.54) is 0 Å². The van der Waals surface area contributed by atoms with Crippen LogP contribution >= 0.6 is 0 Å². The highest BCUT2D eigenvalue weighted by molar-refractivity contribution is 5.75. The van der Waals surface area contributed by atoms with Crippen LogP contribution in [0.4, 0.5) is 0 Å². The van der Waals surface area contributed by atoms with Crippen molar-refractivity contribution in [3.05, 3.63) is 49.1 Å². The largest absolute Gasteiger partial charge is 0.334 e. The van der Waals surface area contributed by atoms with E-state index in [0.717, 1.165) is 34.8 Å². The summed E-state index contributed by atoms with van der Waals surface area (Å²) in [5.74, 6) is 0.836. The van der Waals surface area contributed by atoms with Crippen LogP contribution in [-0.2, 0) is 0 Å². The van der Waals surface area contributed by atoms with Gasteiger partial charge < -0.3 is 9.55 Å². The lowest BCUT2D eigenvalue weighted by molar-refractivity contribution is 0.490. The fourth-order valence-corrected chi connectivity index (χ4v) is 2.73. The second-order valence-corrected chi connectivity index (χ2v) is 5.64. The van der Waals surface area contributed by atoms with Crippen molar-refractivity contribution in [3.8, 4) is 17.2 Å². The first-order valence-corrected chi connectivity index (χ1v) is 7.79. The standard InChI is InChI=1S/C17H18N6/c1-3-12(2)23-17-14(11-19-23)20-16(21-17)15-7-5-9-22(15)13-6-4-8-18-10-13/h4-12H,3H2,1-2H3,(H,20,21)/t12-/m0/s1. The number of nitrogens with zero attached hydrogens (tertiary/aromatic N) is 5. The van der Waals surface area contributed by atoms with Crippen molar-refractivity contribution in [1.29, 1.82) is 0 Å². The third-order valence-electron chi connectivity index (χ3n) is 4.16. The van der Waals surface area contributed by atoms with Crippen molar-refractivity contribution in [2.75, 3.05) is 0 Å². The Labute approximate surface area is 133 Å². The number of pyridine rings is 1. The lowest BCUT2D eigenvalue weighted by Crippen LogP contribution is -2.05. The summed E-state index contributed by atoms with van der Waals surface area (Å²) < 4.78 is 4.05. The average molecular weight is 306 g/mol. The third kappa shape index (κ3) is 2.23. The summed E-state index contributed by atoms with van der Waals surface area (Å²) in [6.45, 7) is 4.30. The topological polar surface area (TPSA) is 64.3 Å². The van der Waals surface area contributed by atoms with E-state index < -0.39 is 0 Å². The Kier molecular flexibility index (Phi) is 3.22. The molecular formula is C17H18N6. The smallest absolute Gasteiger partial charge is 0.177 e. The van der Waals surface area contributed by atoms with E-state index in [2.05, 4.69) is 33.5 Å². The van der Waals surface area contributed by atoms with Gasteiger partial charge in [0.2, 0.25) is 0 Å². The predicted octanol–water partition coefficient (Wildman–Crippen LogP) is 3.58. The molecule has 1 N–H and O–H groups in total. The summed E-state index contributed by atoms with van der Waals surface area (Å²) in [5, 5.41) is 4.44. The molecule has 0 saturated carbocycles. The minimum Gasteiger partial charge on any atom is -0.334 e. The zero-order valence-corrected chi connectivity index (χ0v) is 13.1. The van der Waals surface area contributed by atoms with Crippen LogP contribution in [0.5, 0.6) is 0 Å². The van der Waals surface area contributed by atoms with Crippen LogP contribution in [0.1, 0.15) is 26.3 Å². The van der Waals surface area contributed by atoms with Gasteiger partial charge in [-0.05, 0) is 37.6 Å². The van der Waals surface area contributed by atoms with Gasteiger partial charge in [-0.3, -0.25) is 4.98 Å². The van der Waals surface area contributed by atoms with Gasteiger partial charge in [-0.1, -0.05) is 6.92 Å². The van der Waals surface area contributed by atoms with Crippen molar-refractivity contribution >= 4 is 11.2 Å². The van der Waals surface area contributed by atoms with Gasteiger partial charge in [0.05, 0.1) is 29.8 Å². The summed E-state index contributed by atoms with van der Waals surface area (Å²) >= 11 is 0. The van der Waals surface area contributed by atoms with E-state index in [1.54, 1.807) is 6.20 Å². The highest BCUT2D eigenvalue weighted by atomic mass is 15.3. The summed E-state index contributed by atoms with van der Waals surface area (Å²) in [6.07, 6.45) is 8.49. The summed E-state index contributed by atoms with van der Waals surface area (Å²) in [7, 11) is 0. The molecule has 0 radical (unpaired) electrons. The molecule has 0 bridgehead atoms. The van der Waals surface area contributed by atoms with Crippen LogP contribution in [-0.4, -0.2) is 29.3 Å². The van der Waals surface area contributed by atoms with Crippen molar-refractivity contribution in [1.82, 2.24) is 29.3 Å². The van der Waals surface area contributed by atoms with Crippen LogP contribution in [0.25, 0.3) is 28.4 Å². The molecule has 0 amide bonds. The van der Waals surface area contributed by atoms with Gasteiger partial charge in [-0.25, -0.2) is 9.67 Å². The molecule has 0 fully saturated rings. The molecule has 0 aliphatic rings. The minimum atomic E-state index is 0.328. The minimum absolute atomic E-state index is 0.328. The van der Waals surface area contributed by atoms with Gasteiger partial charge >= 0.3 is 0 Å². The molecule has 0 aromatic carbocycles. The Hall–Kier alpha value is -2.89. The number of fused-ring (bicyclic) bond motifs is 1. The fourth-order valence-electron chi connectivity index (χ4n) is 2.73. The number of imidazole rings is 1. The fraction of sp³-hybridized carbons (Fsp3) is 0.235. The molecule has 4 aromatic heterocycles. The zero-order valence-electron chi connectivity index (χ0n) is 13.1. The maximum Gasteiger partial charge on any atom is 0.177 e. The molecule has 23 heavy (non-hydrogen) atoms. The number of hydrogen-bond donors (Lipinski definition) is 1. The van der Waals surface area contributed by atoms with Crippen LogP contribution in [0, 0.1) is 0 Å². The Morgan fingerprint density at radius 2 is 2.13 bits per heavy atom. The second kappa shape index (κ2) is 5.39. The van der Waals surface area contributed by atoms with Crippen LogP contribution in [0.3, 0.4) is 0 Å². The van der Waals surface area contributed by atoms with Gasteiger partial charge in [0, 0.05) is 12.4 Å². The first-order chi connectivity index (χ1) is 11.3. The normalized spacial score (nSPS) is 12.8. The molecular weight excluding hydrogens is 288 g/mol. The quantitative estimate of drug-likeness (QED) is 0.626. The van der Waals surface area contributed by atoms with Gasteiger partial charge in [-0.15, -0.1) is 0 Å². The lowest BCUT2D eigenvalue weighted by atomic mass is 10.3. The number of rotatable bonds is 4. The zero-order chi connectivity index (χ0) is 15.8. The lowest BCUT2D eigenvalue weighted by Gasteiger charge is -2.08. The number of hydrogen-bond acceptors (Lipinski definition) is 3. The van der Waals surface area contributed by atoms with Gasteiger partial charge in [0.15, 0.2) is 11.5 Å². The third-order valence-corrected chi connectivity index (χ3v) is 4.16. The molecule has 1 atom stereocenters. The monoisotopic (exact) mass is 306 g/mol. The molecule has 0 saturated heterocycles. The molecule has 116 valence electrons. The molecule has 0 aliphatic carbocycles. The Morgan fingerprint density at radius 3 is 2.91 bits per heavy atom. The Bertz CT molecular complexity index is 930. The molecule has 4 rings (SSSR count). The highest BCUT2D eigenvalue weighted by Gasteiger charge is 2.15. The van der Waals surface area contributed by atoms with Crippen molar-refractivity contribution in [2.45, 2.75) is 26.3 Å². The Morgan fingerprint density at radius 1 is 1.22 bits per heavy atom. The summed E-state index contributed by atoms with van der Waals surface area (Å²) in [6, 6.07) is 8.34. The highest BCUT2D eigenvalue weighted by Crippen LogP contribution is 2.25. The van der Waals surface area contributed by atoms with Crippen molar-refractivity contribution < 1.29 is 0 Å². The van der Waals surface area contributed by atoms with E-state index in [0.29, 0.717) is 6.04 Å². The van der Waals surface area contributed by atoms with Gasteiger partial charge in [0.1, 0.15) is 5.52 Å². The van der Waals surface area contributed by atoms with Gasteiger partial charge in [0.25, 0.3) is 0 Å². The number of H-pyrrole nitrogens is 1. The van der Waals surface area contributed by atoms with E-state index in [1.807, 2.05) is 47.5 Å². The number of nitrogens with one attached hydrogen (secondary N) is 1. The van der Waals surface area contributed by atoms with Crippen LogP contribution in [0.15, 0.2) is 49.1 Å². The molecule has 0 unspecified atom stereocenters.